The molecule has 0 saturated carbocycles. The third kappa shape index (κ3) is 6.73. The van der Waals surface area contributed by atoms with Crippen molar-refractivity contribution in [3.63, 3.8) is 0 Å². The minimum Gasteiger partial charge on any atom is -0.383 e. The third-order valence-corrected chi connectivity index (χ3v) is 4.26. The summed E-state index contributed by atoms with van der Waals surface area (Å²) in [7, 11) is 1.82. The average Bonchev–Trinajstić information content (AvgIpc) is 2.64. The van der Waals surface area contributed by atoms with Crippen molar-refractivity contribution < 1.29 is 4.74 Å². The zero-order chi connectivity index (χ0) is 13.9. The van der Waals surface area contributed by atoms with Gasteiger partial charge in [0, 0.05) is 19.7 Å². The predicted octanol–water partition coefficient (Wildman–Crippen LogP) is 2.90. The molecule has 2 atom stereocenters. The van der Waals surface area contributed by atoms with E-state index in [0.29, 0.717) is 6.04 Å². The van der Waals surface area contributed by atoms with Crippen LogP contribution in [0.1, 0.15) is 52.4 Å². The molecule has 0 radical (unpaired) electrons. The molecule has 0 spiro atoms. The fraction of sp³-hybridized carbons (Fsp3) is 1.00. The molecule has 0 amide bonds. The second-order valence-corrected chi connectivity index (χ2v) is 5.93. The molecular formula is C16H34N2O. The van der Waals surface area contributed by atoms with Crippen LogP contribution in [0, 0.1) is 5.92 Å². The number of nitrogens with one attached hydrogen (secondary N) is 1. The van der Waals surface area contributed by atoms with Crippen LogP contribution in [0.2, 0.25) is 0 Å². The normalized spacial score (nSPS) is 23.2. The van der Waals surface area contributed by atoms with Gasteiger partial charge in [0.15, 0.2) is 0 Å². The topological polar surface area (TPSA) is 24.5 Å². The fourth-order valence-corrected chi connectivity index (χ4v) is 3.18. The molecule has 0 aromatic rings. The average molecular weight is 270 g/mol. The maximum absolute atomic E-state index is 5.42. The number of hydrogen-bond acceptors (Lipinski definition) is 3. The maximum atomic E-state index is 5.42. The van der Waals surface area contributed by atoms with E-state index < -0.39 is 0 Å². The molecule has 1 rings (SSSR count). The molecule has 1 saturated heterocycles. The van der Waals surface area contributed by atoms with Crippen LogP contribution in [0.15, 0.2) is 0 Å². The quantitative estimate of drug-likeness (QED) is 0.652. The third-order valence-electron chi connectivity index (χ3n) is 4.26. The van der Waals surface area contributed by atoms with Crippen molar-refractivity contribution in [3.8, 4) is 0 Å². The second-order valence-electron chi connectivity index (χ2n) is 5.93. The number of hydrogen-bond donors (Lipinski definition) is 1. The highest BCUT2D eigenvalue weighted by Crippen LogP contribution is 2.22. The highest BCUT2D eigenvalue weighted by atomic mass is 16.5. The van der Waals surface area contributed by atoms with Gasteiger partial charge in [0.2, 0.25) is 0 Å². The Balaban J connectivity index is 2.39. The first kappa shape index (κ1) is 16.9. The van der Waals surface area contributed by atoms with Gasteiger partial charge in [-0.15, -0.1) is 0 Å². The van der Waals surface area contributed by atoms with E-state index in [1.165, 1.54) is 51.6 Å². The van der Waals surface area contributed by atoms with Crippen LogP contribution in [0.3, 0.4) is 0 Å². The van der Waals surface area contributed by atoms with E-state index in [-0.39, 0.29) is 0 Å². The van der Waals surface area contributed by atoms with Gasteiger partial charge in [-0.05, 0) is 51.2 Å². The number of methoxy groups -OCH3 is 1. The smallest absolute Gasteiger partial charge is 0.0630 e. The van der Waals surface area contributed by atoms with Crippen LogP contribution >= 0.6 is 0 Å². The predicted molar refractivity (Wildman–Crippen MR) is 82.6 cm³/mol. The minimum absolute atomic E-state index is 0.553. The van der Waals surface area contributed by atoms with E-state index in [1.807, 2.05) is 7.11 Å². The number of ether oxygens (including phenoxy) is 1. The highest BCUT2D eigenvalue weighted by molar-refractivity contribution is 4.78. The van der Waals surface area contributed by atoms with E-state index in [0.717, 1.165) is 25.6 Å². The summed E-state index contributed by atoms with van der Waals surface area (Å²) in [5.74, 6) is 0.960. The van der Waals surface area contributed by atoms with Crippen LogP contribution in [-0.4, -0.2) is 50.8 Å². The summed E-state index contributed by atoms with van der Waals surface area (Å²) in [6.07, 6.45) is 8.12. The molecule has 3 nitrogen and oxygen atoms in total. The standard InChI is InChI=1S/C16H34N2O/c1-4-7-15-8-6-11-18(12-9-15)16(14-19-3)13-17-10-5-2/h15-17H,4-14H2,1-3H3. The Bertz CT molecular complexity index is 211. The van der Waals surface area contributed by atoms with Crippen molar-refractivity contribution in [1.29, 1.82) is 0 Å². The summed E-state index contributed by atoms with van der Waals surface area (Å²) in [5.41, 5.74) is 0. The number of rotatable bonds is 9. The lowest BCUT2D eigenvalue weighted by molar-refractivity contribution is 0.0905. The van der Waals surface area contributed by atoms with Gasteiger partial charge in [-0.25, -0.2) is 0 Å². The lowest BCUT2D eigenvalue weighted by Crippen LogP contribution is -2.45. The van der Waals surface area contributed by atoms with Crippen LogP contribution in [0.5, 0.6) is 0 Å². The van der Waals surface area contributed by atoms with Crippen LogP contribution in [0.4, 0.5) is 0 Å². The lowest BCUT2D eigenvalue weighted by Gasteiger charge is -2.30. The summed E-state index contributed by atoms with van der Waals surface area (Å²) in [5, 5.41) is 3.55. The Kier molecular flexibility index (Phi) is 9.48. The molecular weight excluding hydrogens is 236 g/mol. The molecule has 1 aliphatic rings. The molecule has 1 N–H and O–H groups in total. The van der Waals surface area contributed by atoms with Gasteiger partial charge >= 0.3 is 0 Å². The number of nitrogens with zero attached hydrogens (tertiary/aromatic N) is 1. The van der Waals surface area contributed by atoms with Gasteiger partial charge in [-0.3, -0.25) is 4.90 Å². The minimum atomic E-state index is 0.553. The van der Waals surface area contributed by atoms with Crippen LogP contribution < -0.4 is 5.32 Å². The molecule has 1 aliphatic heterocycles. The van der Waals surface area contributed by atoms with E-state index in [2.05, 4.69) is 24.1 Å². The Morgan fingerprint density at radius 2 is 2.05 bits per heavy atom. The van der Waals surface area contributed by atoms with Gasteiger partial charge < -0.3 is 10.1 Å². The molecule has 114 valence electrons. The van der Waals surface area contributed by atoms with Crippen LogP contribution in [0.25, 0.3) is 0 Å². The van der Waals surface area contributed by atoms with E-state index in [9.17, 15) is 0 Å². The Hall–Kier alpha value is -0.120. The lowest BCUT2D eigenvalue weighted by atomic mass is 9.96. The molecule has 0 aliphatic carbocycles. The summed E-state index contributed by atoms with van der Waals surface area (Å²) in [4.78, 5) is 2.65. The summed E-state index contributed by atoms with van der Waals surface area (Å²) in [6.45, 7) is 10.1. The SMILES string of the molecule is CCCNCC(COC)N1CCCC(CCC)CC1. The van der Waals surface area contributed by atoms with E-state index in [1.54, 1.807) is 0 Å². The van der Waals surface area contributed by atoms with Gasteiger partial charge in [0.1, 0.15) is 0 Å². The monoisotopic (exact) mass is 270 g/mol. The Morgan fingerprint density at radius 3 is 2.74 bits per heavy atom. The zero-order valence-corrected chi connectivity index (χ0v) is 13.3. The zero-order valence-electron chi connectivity index (χ0n) is 13.3. The van der Waals surface area contributed by atoms with E-state index >= 15 is 0 Å². The first-order valence-electron chi connectivity index (χ1n) is 8.25. The van der Waals surface area contributed by atoms with Crippen molar-refractivity contribution >= 4 is 0 Å². The fourth-order valence-electron chi connectivity index (χ4n) is 3.18. The van der Waals surface area contributed by atoms with Gasteiger partial charge in [-0.1, -0.05) is 26.7 Å². The molecule has 3 heteroatoms. The Morgan fingerprint density at radius 1 is 1.21 bits per heavy atom. The number of likely N-dealkylation sites (tertiary alicyclic amines) is 1. The van der Waals surface area contributed by atoms with Crippen molar-refractivity contribution in [3.05, 3.63) is 0 Å². The molecule has 19 heavy (non-hydrogen) atoms. The summed E-state index contributed by atoms with van der Waals surface area (Å²) >= 11 is 0. The Labute approximate surface area is 120 Å². The molecule has 1 fully saturated rings. The van der Waals surface area contributed by atoms with Gasteiger partial charge in [-0.2, -0.15) is 0 Å². The van der Waals surface area contributed by atoms with E-state index in [4.69, 9.17) is 4.74 Å². The molecule has 0 bridgehead atoms. The second kappa shape index (κ2) is 10.6. The van der Waals surface area contributed by atoms with Crippen molar-refractivity contribution in [2.75, 3.05) is 39.9 Å². The maximum Gasteiger partial charge on any atom is 0.0630 e. The van der Waals surface area contributed by atoms with Crippen molar-refractivity contribution in [1.82, 2.24) is 10.2 Å². The largest absolute Gasteiger partial charge is 0.383 e. The molecule has 0 aromatic carbocycles. The molecule has 0 aromatic heterocycles. The first-order chi connectivity index (χ1) is 9.31. The van der Waals surface area contributed by atoms with Gasteiger partial charge in [0.05, 0.1) is 6.61 Å². The molecule has 1 heterocycles. The van der Waals surface area contributed by atoms with Crippen molar-refractivity contribution in [2.45, 2.75) is 58.4 Å². The van der Waals surface area contributed by atoms with Crippen molar-refractivity contribution in [2.24, 2.45) is 5.92 Å². The highest BCUT2D eigenvalue weighted by Gasteiger charge is 2.22. The van der Waals surface area contributed by atoms with Crippen LogP contribution in [-0.2, 0) is 4.74 Å². The van der Waals surface area contributed by atoms with Gasteiger partial charge in [0.25, 0.3) is 0 Å². The summed E-state index contributed by atoms with van der Waals surface area (Å²) < 4.78 is 5.42. The molecule has 2 unspecified atom stereocenters. The first-order valence-corrected chi connectivity index (χ1v) is 8.25. The summed E-state index contributed by atoms with van der Waals surface area (Å²) in [6, 6.07) is 0.553.